The Kier molecular flexibility index (Phi) is 10.7. The van der Waals surface area contributed by atoms with Crippen LogP contribution < -0.4 is 10.6 Å². The van der Waals surface area contributed by atoms with Gasteiger partial charge in [-0.05, 0) is 37.9 Å². The number of carbonyl (C=O) groups is 2. The molecule has 2 aliphatic rings. The summed E-state index contributed by atoms with van der Waals surface area (Å²) in [5.41, 5.74) is 1.07. The van der Waals surface area contributed by atoms with Crippen molar-refractivity contribution in [3.05, 3.63) is 23.9 Å². The Morgan fingerprint density at radius 3 is 2.64 bits per heavy atom. The topological polar surface area (TPSA) is 77.6 Å². The highest BCUT2D eigenvalue weighted by Crippen LogP contribution is 2.19. The van der Waals surface area contributed by atoms with Crippen molar-refractivity contribution in [2.24, 2.45) is 5.92 Å². The summed E-state index contributed by atoms with van der Waals surface area (Å²) in [5, 5.41) is 6.18. The van der Waals surface area contributed by atoms with E-state index in [0.717, 1.165) is 57.7 Å². The van der Waals surface area contributed by atoms with Gasteiger partial charge in [-0.2, -0.15) is 0 Å². The van der Waals surface area contributed by atoms with E-state index < -0.39 is 0 Å². The molecule has 0 saturated carbocycles. The summed E-state index contributed by atoms with van der Waals surface area (Å²) in [7, 11) is 0. The van der Waals surface area contributed by atoms with Crippen LogP contribution in [0.5, 0.6) is 0 Å². The van der Waals surface area contributed by atoms with Crippen LogP contribution in [-0.2, 0) is 9.59 Å². The van der Waals surface area contributed by atoms with Gasteiger partial charge in [-0.1, -0.05) is 6.07 Å². The normalized spacial score (nSPS) is 19.9. The van der Waals surface area contributed by atoms with Crippen LogP contribution in [0.3, 0.4) is 0 Å². The summed E-state index contributed by atoms with van der Waals surface area (Å²) < 4.78 is 0. The lowest BCUT2D eigenvalue weighted by Gasteiger charge is -2.33. The largest absolute Gasteiger partial charge is 0.340 e. The number of anilines is 1. The summed E-state index contributed by atoms with van der Waals surface area (Å²) in [6.45, 7) is 7.74. The van der Waals surface area contributed by atoms with Gasteiger partial charge in [0.15, 0.2) is 0 Å². The molecule has 158 valence electrons. The van der Waals surface area contributed by atoms with E-state index in [2.05, 4.69) is 20.5 Å². The summed E-state index contributed by atoms with van der Waals surface area (Å²) in [5.74, 6) is 0.814. The highest BCUT2D eigenvalue weighted by molar-refractivity contribution is 5.91. The van der Waals surface area contributed by atoms with E-state index in [4.69, 9.17) is 0 Å². The number of rotatable bonds is 5. The maximum Gasteiger partial charge on any atom is 0.229 e. The van der Waals surface area contributed by atoms with Crippen LogP contribution in [0.15, 0.2) is 18.3 Å². The number of nitrogens with zero attached hydrogens (tertiary/aromatic N) is 3. The van der Waals surface area contributed by atoms with Crippen LogP contribution in [0.1, 0.15) is 24.8 Å². The van der Waals surface area contributed by atoms with Crippen molar-refractivity contribution in [2.75, 3.05) is 51.1 Å². The fraction of sp³-hybridized carbons (Fsp3) is 0.632. The maximum absolute atomic E-state index is 12.5. The molecule has 0 bridgehead atoms. The second-order valence-corrected chi connectivity index (χ2v) is 7.23. The zero-order valence-corrected chi connectivity index (χ0v) is 18.0. The number of halogens is 2. The highest BCUT2D eigenvalue weighted by atomic mass is 35.5. The summed E-state index contributed by atoms with van der Waals surface area (Å²) in [6, 6.07) is 3.78. The fourth-order valence-corrected chi connectivity index (χ4v) is 3.57. The molecule has 0 radical (unpaired) electrons. The van der Waals surface area contributed by atoms with Gasteiger partial charge >= 0.3 is 0 Å². The van der Waals surface area contributed by atoms with Crippen LogP contribution in [0.2, 0.25) is 0 Å². The summed E-state index contributed by atoms with van der Waals surface area (Å²) in [6.07, 6.45) is 4.17. The van der Waals surface area contributed by atoms with Gasteiger partial charge in [-0.15, -0.1) is 24.8 Å². The molecule has 1 aromatic heterocycles. The Labute approximate surface area is 179 Å². The first-order valence-electron chi connectivity index (χ1n) is 9.56. The van der Waals surface area contributed by atoms with Gasteiger partial charge in [0.25, 0.3) is 0 Å². The number of aryl methyl sites for hydroxylation is 1. The zero-order chi connectivity index (χ0) is 18.4. The van der Waals surface area contributed by atoms with Crippen LogP contribution in [0.25, 0.3) is 0 Å². The fourth-order valence-electron chi connectivity index (χ4n) is 3.57. The maximum atomic E-state index is 12.5. The Morgan fingerprint density at radius 1 is 1.21 bits per heavy atom. The van der Waals surface area contributed by atoms with Gasteiger partial charge in [0.1, 0.15) is 5.82 Å². The first-order chi connectivity index (χ1) is 12.6. The smallest absolute Gasteiger partial charge is 0.229 e. The quantitative estimate of drug-likeness (QED) is 0.741. The number of pyridine rings is 1. The number of likely N-dealkylation sites (tertiary alicyclic amines) is 1. The second-order valence-electron chi connectivity index (χ2n) is 7.23. The van der Waals surface area contributed by atoms with Gasteiger partial charge < -0.3 is 20.4 Å². The molecule has 0 aliphatic carbocycles. The molecule has 0 aromatic carbocycles. The minimum atomic E-state index is -0.0406. The van der Waals surface area contributed by atoms with Crippen molar-refractivity contribution < 1.29 is 9.59 Å². The molecule has 2 fully saturated rings. The lowest BCUT2D eigenvalue weighted by Crippen LogP contribution is -2.47. The molecule has 9 heteroatoms. The van der Waals surface area contributed by atoms with Crippen molar-refractivity contribution >= 4 is 42.4 Å². The predicted octanol–water partition coefficient (Wildman–Crippen LogP) is 1.71. The van der Waals surface area contributed by atoms with Gasteiger partial charge in [-0.25, -0.2) is 4.98 Å². The molecule has 2 amide bonds. The van der Waals surface area contributed by atoms with E-state index in [-0.39, 0.29) is 42.5 Å². The third-order valence-corrected chi connectivity index (χ3v) is 5.15. The Balaban J connectivity index is 0.00000196. The standard InChI is InChI=1S/C19H29N5O2.2ClH/c1-15-4-5-17(21-13-15)22-19(26)16-3-2-9-23(14-16)10-6-18(25)24-11-7-20-8-12-24;;/h4-5,13,16,20H,2-3,6-12,14H2,1H3,(H,21,22,26);2*1H. The molecule has 3 heterocycles. The monoisotopic (exact) mass is 431 g/mol. The second kappa shape index (κ2) is 12.2. The van der Waals surface area contributed by atoms with Gasteiger partial charge in [-0.3, -0.25) is 9.59 Å². The molecule has 1 unspecified atom stereocenters. The predicted molar refractivity (Wildman–Crippen MR) is 115 cm³/mol. The number of aromatic nitrogens is 1. The minimum Gasteiger partial charge on any atom is -0.340 e. The number of carbonyl (C=O) groups excluding carboxylic acids is 2. The molecule has 0 spiro atoms. The lowest BCUT2D eigenvalue weighted by atomic mass is 9.97. The van der Waals surface area contributed by atoms with Crippen molar-refractivity contribution in [3.63, 3.8) is 0 Å². The number of hydrogen-bond donors (Lipinski definition) is 2. The van der Waals surface area contributed by atoms with E-state index >= 15 is 0 Å². The minimum absolute atomic E-state index is 0. The number of nitrogens with one attached hydrogen (secondary N) is 2. The Morgan fingerprint density at radius 2 is 1.96 bits per heavy atom. The lowest BCUT2D eigenvalue weighted by molar-refractivity contribution is -0.132. The third-order valence-electron chi connectivity index (χ3n) is 5.15. The molecule has 3 rings (SSSR count). The van der Waals surface area contributed by atoms with Gasteiger partial charge in [0.05, 0.1) is 5.92 Å². The number of amides is 2. The molecule has 2 saturated heterocycles. The Bertz CT molecular complexity index is 623. The van der Waals surface area contributed by atoms with Crippen LogP contribution >= 0.6 is 24.8 Å². The average Bonchev–Trinajstić information content (AvgIpc) is 2.69. The third kappa shape index (κ3) is 7.20. The van der Waals surface area contributed by atoms with E-state index in [9.17, 15) is 9.59 Å². The van der Waals surface area contributed by atoms with Crippen molar-refractivity contribution in [1.29, 1.82) is 0 Å². The number of piperazine rings is 1. The van der Waals surface area contributed by atoms with Crippen LogP contribution in [-0.4, -0.2) is 72.4 Å². The number of hydrogen-bond acceptors (Lipinski definition) is 5. The highest BCUT2D eigenvalue weighted by Gasteiger charge is 2.26. The summed E-state index contributed by atoms with van der Waals surface area (Å²) in [4.78, 5) is 33.3. The first-order valence-corrected chi connectivity index (χ1v) is 9.56. The van der Waals surface area contributed by atoms with Gasteiger partial charge in [0.2, 0.25) is 11.8 Å². The average molecular weight is 432 g/mol. The first kappa shape index (κ1) is 24.6. The molecule has 7 nitrogen and oxygen atoms in total. The van der Waals surface area contributed by atoms with Crippen LogP contribution in [0.4, 0.5) is 5.82 Å². The van der Waals surface area contributed by atoms with E-state index in [0.29, 0.717) is 18.8 Å². The van der Waals surface area contributed by atoms with Gasteiger partial charge in [0, 0.05) is 51.9 Å². The molecule has 1 aromatic rings. The molecule has 2 N–H and O–H groups in total. The molecule has 2 aliphatic heterocycles. The zero-order valence-electron chi connectivity index (χ0n) is 16.4. The molecule has 1 atom stereocenters. The van der Waals surface area contributed by atoms with Crippen molar-refractivity contribution in [1.82, 2.24) is 20.1 Å². The number of piperidine rings is 1. The Hall–Kier alpha value is -1.41. The van der Waals surface area contributed by atoms with E-state index in [1.54, 1.807) is 6.20 Å². The molecular formula is C19H31Cl2N5O2. The van der Waals surface area contributed by atoms with Crippen LogP contribution in [0, 0.1) is 12.8 Å². The summed E-state index contributed by atoms with van der Waals surface area (Å²) >= 11 is 0. The molecular weight excluding hydrogens is 401 g/mol. The van der Waals surface area contributed by atoms with Crippen molar-refractivity contribution in [3.8, 4) is 0 Å². The SMILES string of the molecule is Cc1ccc(NC(=O)C2CCCN(CCC(=O)N3CCNCC3)C2)nc1.Cl.Cl. The van der Waals surface area contributed by atoms with E-state index in [1.165, 1.54) is 0 Å². The van der Waals surface area contributed by atoms with Crippen molar-refractivity contribution in [2.45, 2.75) is 26.2 Å². The molecule has 28 heavy (non-hydrogen) atoms. The van der Waals surface area contributed by atoms with E-state index in [1.807, 2.05) is 24.0 Å².